The monoisotopic (exact) mass is 379 g/mol. The van der Waals surface area contributed by atoms with E-state index in [2.05, 4.69) is 4.72 Å². The van der Waals surface area contributed by atoms with Gasteiger partial charge in [-0.15, -0.1) is 11.8 Å². The number of sulfonamides is 1. The number of hydrogen-bond donors (Lipinski definition) is 1. The lowest BCUT2D eigenvalue weighted by Gasteiger charge is -2.14. The average molecular weight is 380 g/mol. The largest absolute Gasteiger partial charge is 0.460 e. The van der Waals surface area contributed by atoms with Crippen LogP contribution in [0.5, 0.6) is 0 Å². The summed E-state index contributed by atoms with van der Waals surface area (Å²) in [5.74, 6) is -0.621. The smallest absolute Gasteiger partial charge is 0.324 e. The van der Waals surface area contributed by atoms with Gasteiger partial charge in [0.05, 0.1) is 4.90 Å². The van der Waals surface area contributed by atoms with E-state index >= 15 is 0 Å². The highest BCUT2D eigenvalue weighted by atomic mass is 32.2. The minimum Gasteiger partial charge on any atom is -0.460 e. The summed E-state index contributed by atoms with van der Waals surface area (Å²) in [5.41, 5.74) is 1.80. The highest BCUT2D eigenvalue weighted by Gasteiger charge is 2.23. The lowest BCUT2D eigenvalue weighted by molar-refractivity contribution is -0.146. The van der Waals surface area contributed by atoms with Gasteiger partial charge in [0.25, 0.3) is 0 Å². The molecule has 0 fully saturated rings. The summed E-state index contributed by atoms with van der Waals surface area (Å²) in [6.45, 7) is 3.44. The first kappa shape index (κ1) is 19.5. The van der Waals surface area contributed by atoms with E-state index in [1.165, 1.54) is 19.1 Å². The molecule has 0 saturated heterocycles. The zero-order valence-electron chi connectivity index (χ0n) is 14.4. The zero-order chi connectivity index (χ0) is 18.4. The summed E-state index contributed by atoms with van der Waals surface area (Å²) < 4.78 is 32.1. The van der Waals surface area contributed by atoms with Crippen molar-refractivity contribution in [1.82, 2.24) is 4.72 Å². The summed E-state index contributed by atoms with van der Waals surface area (Å²) in [7, 11) is -3.77. The van der Waals surface area contributed by atoms with Crippen molar-refractivity contribution in [1.29, 1.82) is 0 Å². The Morgan fingerprint density at radius 3 is 2.28 bits per heavy atom. The summed E-state index contributed by atoms with van der Waals surface area (Å²) in [6, 6.07) is 13.1. The number of nitrogens with one attached hydrogen (secondary N) is 1. The maximum atomic E-state index is 12.3. The van der Waals surface area contributed by atoms with Gasteiger partial charge in [0.15, 0.2) is 0 Å². The maximum Gasteiger partial charge on any atom is 0.324 e. The Bertz CT molecular complexity index is 815. The Kier molecular flexibility index (Phi) is 6.64. The molecule has 1 atom stereocenters. The second-order valence-corrected chi connectivity index (χ2v) is 8.21. The summed E-state index contributed by atoms with van der Waals surface area (Å²) in [6.07, 6.45) is 1.98. The molecule has 0 aliphatic rings. The molecule has 2 aromatic rings. The molecule has 0 bridgehead atoms. The Hall–Kier alpha value is -1.83. The van der Waals surface area contributed by atoms with Crippen LogP contribution in [0.3, 0.4) is 0 Å². The Balaban J connectivity index is 1.93. The van der Waals surface area contributed by atoms with E-state index in [9.17, 15) is 13.2 Å². The Morgan fingerprint density at radius 2 is 1.72 bits per heavy atom. The van der Waals surface area contributed by atoms with Crippen LogP contribution in [0.1, 0.15) is 18.1 Å². The number of benzene rings is 2. The third-order valence-corrected chi connectivity index (χ3v) is 5.86. The molecule has 7 heteroatoms. The van der Waals surface area contributed by atoms with Crippen molar-refractivity contribution in [2.45, 2.75) is 36.3 Å². The molecule has 0 heterocycles. The molecule has 0 amide bonds. The van der Waals surface area contributed by atoms with E-state index in [0.717, 1.165) is 16.0 Å². The number of rotatable bonds is 7. The molecular weight excluding hydrogens is 358 g/mol. The molecule has 2 aromatic carbocycles. The minimum atomic E-state index is -3.77. The molecule has 0 saturated carbocycles. The van der Waals surface area contributed by atoms with Gasteiger partial charge < -0.3 is 4.74 Å². The SMILES string of the molecule is CSc1ccc(COC(=O)[C@H](C)NS(=O)(=O)c2ccc(C)cc2)cc1. The van der Waals surface area contributed by atoms with Crippen molar-refractivity contribution in [3.05, 3.63) is 59.7 Å². The number of hydrogen-bond acceptors (Lipinski definition) is 5. The molecule has 0 aromatic heterocycles. The molecule has 0 aliphatic carbocycles. The Morgan fingerprint density at radius 1 is 1.12 bits per heavy atom. The predicted octanol–water partition coefficient (Wildman–Crippen LogP) is 3.13. The van der Waals surface area contributed by atoms with Crippen molar-refractivity contribution in [2.24, 2.45) is 0 Å². The molecular formula is C18H21NO4S2. The standard InChI is InChI=1S/C18H21NO4S2/c1-13-4-10-17(11-5-13)25(21,22)19-14(2)18(20)23-12-15-6-8-16(24-3)9-7-15/h4-11,14,19H,12H2,1-3H3/t14-/m0/s1. The van der Waals surface area contributed by atoms with Crippen molar-refractivity contribution in [3.8, 4) is 0 Å². The second-order valence-electron chi connectivity index (χ2n) is 5.61. The maximum absolute atomic E-state index is 12.3. The Labute approximate surface area is 152 Å². The average Bonchev–Trinajstić information content (AvgIpc) is 2.60. The van der Waals surface area contributed by atoms with Crippen LogP contribution in [0.15, 0.2) is 58.3 Å². The fourth-order valence-electron chi connectivity index (χ4n) is 2.07. The second kappa shape index (κ2) is 8.51. The summed E-state index contributed by atoms with van der Waals surface area (Å²) >= 11 is 1.63. The number of esters is 1. The van der Waals surface area contributed by atoms with Crippen LogP contribution in [0, 0.1) is 6.92 Å². The van der Waals surface area contributed by atoms with E-state index in [1.54, 1.807) is 23.9 Å². The van der Waals surface area contributed by atoms with Crippen LogP contribution in [0.25, 0.3) is 0 Å². The van der Waals surface area contributed by atoms with E-state index in [-0.39, 0.29) is 11.5 Å². The topological polar surface area (TPSA) is 72.5 Å². The summed E-state index contributed by atoms with van der Waals surface area (Å²) in [4.78, 5) is 13.3. The highest BCUT2D eigenvalue weighted by Crippen LogP contribution is 2.15. The van der Waals surface area contributed by atoms with Gasteiger partial charge in [0.1, 0.15) is 12.6 Å². The van der Waals surface area contributed by atoms with Crippen molar-refractivity contribution >= 4 is 27.8 Å². The van der Waals surface area contributed by atoms with Gasteiger partial charge in [0.2, 0.25) is 10.0 Å². The van der Waals surface area contributed by atoms with Gasteiger partial charge in [-0.1, -0.05) is 29.8 Å². The highest BCUT2D eigenvalue weighted by molar-refractivity contribution is 7.98. The van der Waals surface area contributed by atoms with E-state index in [0.29, 0.717) is 0 Å². The molecule has 134 valence electrons. The van der Waals surface area contributed by atoms with Crippen molar-refractivity contribution < 1.29 is 17.9 Å². The molecule has 25 heavy (non-hydrogen) atoms. The van der Waals surface area contributed by atoms with Gasteiger partial charge in [-0.25, -0.2) is 8.42 Å². The number of aryl methyl sites for hydroxylation is 1. The van der Waals surface area contributed by atoms with Crippen LogP contribution >= 0.6 is 11.8 Å². The minimum absolute atomic E-state index is 0.101. The van der Waals surface area contributed by atoms with E-state index in [1.807, 2.05) is 37.4 Å². The van der Waals surface area contributed by atoms with Crippen molar-refractivity contribution in [2.75, 3.05) is 6.26 Å². The number of ether oxygens (including phenoxy) is 1. The van der Waals surface area contributed by atoms with Gasteiger partial charge in [-0.3, -0.25) is 4.79 Å². The van der Waals surface area contributed by atoms with Gasteiger partial charge in [-0.05, 0) is 49.9 Å². The van der Waals surface area contributed by atoms with Crippen molar-refractivity contribution in [3.63, 3.8) is 0 Å². The van der Waals surface area contributed by atoms with Crippen LogP contribution in [-0.4, -0.2) is 26.7 Å². The molecule has 5 nitrogen and oxygen atoms in total. The van der Waals surface area contributed by atoms with Gasteiger partial charge in [-0.2, -0.15) is 4.72 Å². The molecule has 2 rings (SSSR count). The zero-order valence-corrected chi connectivity index (χ0v) is 16.0. The number of thioether (sulfide) groups is 1. The number of carbonyl (C=O) groups excluding carboxylic acids is 1. The first-order valence-electron chi connectivity index (χ1n) is 7.70. The van der Waals surface area contributed by atoms with Gasteiger partial charge in [0, 0.05) is 4.90 Å². The van der Waals surface area contributed by atoms with Crippen LogP contribution in [-0.2, 0) is 26.2 Å². The first-order chi connectivity index (χ1) is 11.8. The van der Waals surface area contributed by atoms with E-state index in [4.69, 9.17) is 4.74 Å². The third-order valence-electron chi connectivity index (χ3n) is 3.56. The fraction of sp³-hybridized carbons (Fsp3) is 0.278. The first-order valence-corrected chi connectivity index (χ1v) is 10.4. The van der Waals surface area contributed by atoms with Crippen LogP contribution in [0.4, 0.5) is 0 Å². The van der Waals surface area contributed by atoms with Crippen LogP contribution < -0.4 is 4.72 Å². The molecule has 1 N–H and O–H groups in total. The fourth-order valence-corrected chi connectivity index (χ4v) is 3.67. The molecule has 0 spiro atoms. The lowest BCUT2D eigenvalue weighted by Crippen LogP contribution is -2.39. The molecule has 0 radical (unpaired) electrons. The number of carbonyl (C=O) groups is 1. The lowest BCUT2D eigenvalue weighted by atomic mass is 10.2. The van der Waals surface area contributed by atoms with Gasteiger partial charge >= 0.3 is 5.97 Å². The predicted molar refractivity (Wildman–Crippen MR) is 99.0 cm³/mol. The van der Waals surface area contributed by atoms with Crippen LogP contribution in [0.2, 0.25) is 0 Å². The molecule has 0 aliphatic heterocycles. The molecule has 0 unspecified atom stereocenters. The third kappa shape index (κ3) is 5.59. The van der Waals surface area contributed by atoms with E-state index < -0.39 is 22.0 Å². The quantitative estimate of drug-likeness (QED) is 0.591. The summed E-state index contributed by atoms with van der Waals surface area (Å²) in [5, 5.41) is 0. The normalized spacial score (nSPS) is 12.6.